The van der Waals surface area contributed by atoms with Gasteiger partial charge in [0.05, 0.1) is 5.69 Å². The van der Waals surface area contributed by atoms with Crippen LogP contribution in [0.2, 0.25) is 5.02 Å². The summed E-state index contributed by atoms with van der Waals surface area (Å²) in [4.78, 5) is 11.8. The number of ether oxygens (including phenoxy) is 1. The number of rotatable bonds is 8. The van der Waals surface area contributed by atoms with Crippen molar-refractivity contribution in [1.82, 2.24) is 4.31 Å². The maximum absolute atomic E-state index is 13.6. The summed E-state index contributed by atoms with van der Waals surface area (Å²) in [5.41, 5.74) is -0.220. The minimum absolute atomic E-state index is 0.0639. The van der Waals surface area contributed by atoms with Gasteiger partial charge in [-0.3, -0.25) is 4.79 Å². The van der Waals surface area contributed by atoms with E-state index in [1.54, 1.807) is 13.8 Å². The first-order valence-electron chi connectivity index (χ1n) is 8.36. The molecule has 1 N–H and O–H groups in total. The van der Waals surface area contributed by atoms with Gasteiger partial charge in [-0.05, 0) is 30.3 Å². The van der Waals surface area contributed by atoms with Crippen LogP contribution in [0.5, 0.6) is 5.75 Å². The van der Waals surface area contributed by atoms with Gasteiger partial charge in [0.25, 0.3) is 5.91 Å². The Bertz CT molecular complexity index is 966. The van der Waals surface area contributed by atoms with Crippen LogP contribution in [0.4, 0.5) is 14.5 Å². The topological polar surface area (TPSA) is 75.7 Å². The molecule has 2 aromatic carbocycles. The van der Waals surface area contributed by atoms with Gasteiger partial charge in [-0.1, -0.05) is 25.4 Å². The van der Waals surface area contributed by atoms with E-state index in [-0.39, 0.29) is 34.4 Å². The molecule has 0 atom stereocenters. The second-order valence-electron chi connectivity index (χ2n) is 5.64. The Balaban J connectivity index is 2.19. The average molecular weight is 433 g/mol. The molecule has 2 aromatic rings. The first kappa shape index (κ1) is 22.1. The Morgan fingerprint density at radius 1 is 1.14 bits per heavy atom. The molecule has 0 heterocycles. The zero-order valence-electron chi connectivity index (χ0n) is 15.2. The SMILES string of the molecule is CCN(CC)S(=O)(=O)c1cc(Cl)ccc1OCC(=O)Nc1ccc(F)cc1F. The maximum atomic E-state index is 13.6. The summed E-state index contributed by atoms with van der Waals surface area (Å²) in [5.74, 6) is -2.53. The highest BCUT2D eigenvalue weighted by Gasteiger charge is 2.26. The first-order chi connectivity index (χ1) is 13.2. The van der Waals surface area contributed by atoms with Crippen molar-refractivity contribution in [3.63, 3.8) is 0 Å². The van der Waals surface area contributed by atoms with Crippen LogP contribution < -0.4 is 10.1 Å². The molecule has 0 spiro atoms. The number of hydrogen-bond acceptors (Lipinski definition) is 4. The molecule has 6 nitrogen and oxygen atoms in total. The van der Waals surface area contributed by atoms with Crippen molar-refractivity contribution in [2.45, 2.75) is 18.7 Å². The molecule has 0 saturated heterocycles. The number of nitrogens with zero attached hydrogens (tertiary/aromatic N) is 1. The second-order valence-corrected chi connectivity index (χ2v) is 7.98. The third kappa shape index (κ3) is 5.18. The van der Waals surface area contributed by atoms with E-state index in [0.29, 0.717) is 6.07 Å². The third-order valence-corrected chi connectivity index (χ3v) is 6.10. The van der Waals surface area contributed by atoms with Crippen LogP contribution in [0, 0.1) is 11.6 Å². The number of halogens is 3. The smallest absolute Gasteiger partial charge is 0.262 e. The standard InChI is InChI=1S/C18H19ClF2N2O4S/c1-3-23(4-2)28(25,26)17-9-12(19)5-8-16(17)27-11-18(24)22-15-7-6-13(20)10-14(15)21/h5-10H,3-4,11H2,1-2H3,(H,22,24). The van der Waals surface area contributed by atoms with Crippen molar-refractivity contribution in [3.05, 3.63) is 53.1 Å². The Labute approximate surface area is 167 Å². The van der Waals surface area contributed by atoms with Crippen LogP contribution in [0.15, 0.2) is 41.3 Å². The largest absolute Gasteiger partial charge is 0.482 e. The van der Waals surface area contributed by atoms with Gasteiger partial charge in [0.2, 0.25) is 10.0 Å². The number of sulfonamides is 1. The Kier molecular flexibility index (Phi) is 7.34. The number of carbonyl (C=O) groups is 1. The molecule has 1 amide bonds. The van der Waals surface area contributed by atoms with Crippen LogP contribution in [-0.2, 0) is 14.8 Å². The summed E-state index contributed by atoms with van der Waals surface area (Å²) >= 11 is 5.92. The molecule has 0 unspecified atom stereocenters. The first-order valence-corrected chi connectivity index (χ1v) is 10.2. The normalized spacial score (nSPS) is 11.5. The lowest BCUT2D eigenvalue weighted by Gasteiger charge is -2.20. The highest BCUT2D eigenvalue weighted by Crippen LogP contribution is 2.30. The number of hydrogen-bond donors (Lipinski definition) is 1. The van der Waals surface area contributed by atoms with Gasteiger partial charge in [-0.15, -0.1) is 0 Å². The van der Waals surface area contributed by atoms with E-state index >= 15 is 0 Å². The van der Waals surface area contributed by atoms with Crippen molar-refractivity contribution in [2.75, 3.05) is 25.0 Å². The quantitative estimate of drug-likeness (QED) is 0.690. The Morgan fingerprint density at radius 3 is 2.43 bits per heavy atom. The van der Waals surface area contributed by atoms with E-state index < -0.39 is 34.2 Å². The van der Waals surface area contributed by atoms with E-state index in [2.05, 4.69) is 5.32 Å². The molecule has 0 aliphatic heterocycles. The molecule has 10 heteroatoms. The van der Waals surface area contributed by atoms with Crippen molar-refractivity contribution in [3.8, 4) is 5.75 Å². The van der Waals surface area contributed by atoms with E-state index in [0.717, 1.165) is 12.1 Å². The summed E-state index contributed by atoms with van der Waals surface area (Å²) in [5, 5.41) is 2.42. The molecule has 0 radical (unpaired) electrons. The summed E-state index contributed by atoms with van der Waals surface area (Å²) in [6.07, 6.45) is 0. The lowest BCUT2D eigenvalue weighted by Crippen LogP contribution is -2.31. The van der Waals surface area contributed by atoms with Gasteiger partial charge >= 0.3 is 0 Å². The number of amides is 1. The Morgan fingerprint density at radius 2 is 1.82 bits per heavy atom. The van der Waals surface area contributed by atoms with Gasteiger partial charge in [-0.25, -0.2) is 17.2 Å². The number of nitrogens with one attached hydrogen (secondary N) is 1. The van der Waals surface area contributed by atoms with Crippen molar-refractivity contribution in [2.24, 2.45) is 0 Å². The number of anilines is 1. The molecule has 0 fully saturated rings. The molecular formula is C18H19ClF2N2O4S. The third-order valence-electron chi connectivity index (χ3n) is 3.79. The van der Waals surface area contributed by atoms with Crippen molar-refractivity contribution >= 4 is 33.2 Å². The molecular weight excluding hydrogens is 414 g/mol. The fraction of sp³-hybridized carbons (Fsp3) is 0.278. The minimum Gasteiger partial charge on any atom is -0.482 e. The Hall–Kier alpha value is -2.23. The molecule has 2 rings (SSSR count). The van der Waals surface area contributed by atoms with E-state index in [1.165, 1.54) is 22.5 Å². The van der Waals surface area contributed by atoms with Crippen LogP contribution in [0.3, 0.4) is 0 Å². The predicted molar refractivity (Wildman–Crippen MR) is 102 cm³/mol. The van der Waals surface area contributed by atoms with E-state index in [1.807, 2.05) is 0 Å². The van der Waals surface area contributed by atoms with Crippen molar-refractivity contribution in [1.29, 1.82) is 0 Å². The molecule has 0 saturated carbocycles. The molecule has 0 aliphatic carbocycles. The van der Waals surface area contributed by atoms with Gasteiger partial charge in [0, 0.05) is 24.2 Å². The van der Waals surface area contributed by atoms with Gasteiger partial charge in [0.1, 0.15) is 22.3 Å². The van der Waals surface area contributed by atoms with Crippen LogP contribution in [-0.4, -0.2) is 38.3 Å². The molecule has 28 heavy (non-hydrogen) atoms. The summed E-state index contributed by atoms with van der Waals surface area (Å²) < 4.78 is 58.7. The number of carbonyl (C=O) groups excluding carboxylic acids is 1. The van der Waals surface area contributed by atoms with Crippen molar-refractivity contribution < 1.29 is 26.7 Å². The summed E-state index contributed by atoms with van der Waals surface area (Å²) in [6.45, 7) is 3.29. The molecule has 0 aromatic heterocycles. The fourth-order valence-electron chi connectivity index (χ4n) is 2.43. The van der Waals surface area contributed by atoms with Gasteiger partial charge in [0.15, 0.2) is 6.61 Å². The van der Waals surface area contributed by atoms with Crippen LogP contribution in [0.1, 0.15) is 13.8 Å². The van der Waals surface area contributed by atoms with E-state index in [9.17, 15) is 22.0 Å². The molecule has 152 valence electrons. The van der Waals surface area contributed by atoms with Gasteiger partial charge < -0.3 is 10.1 Å². The fourth-order valence-corrected chi connectivity index (χ4v) is 4.28. The summed E-state index contributed by atoms with van der Waals surface area (Å²) in [7, 11) is -3.88. The highest BCUT2D eigenvalue weighted by atomic mass is 35.5. The zero-order chi connectivity index (χ0) is 20.9. The number of benzene rings is 2. The zero-order valence-corrected chi connectivity index (χ0v) is 16.8. The lowest BCUT2D eigenvalue weighted by atomic mass is 10.3. The minimum atomic E-state index is -3.88. The van der Waals surface area contributed by atoms with Crippen LogP contribution >= 0.6 is 11.6 Å². The van der Waals surface area contributed by atoms with E-state index in [4.69, 9.17) is 16.3 Å². The highest BCUT2D eigenvalue weighted by molar-refractivity contribution is 7.89. The lowest BCUT2D eigenvalue weighted by molar-refractivity contribution is -0.118. The predicted octanol–water partition coefficient (Wildman–Crippen LogP) is 3.67. The molecule has 0 aliphatic rings. The van der Waals surface area contributed by atoms with Crippen LogP contribution in [0.25, 0.3) is 0 Å². The summed E-state index contributed by atoms with van der Waals surface area (Å²) in [6, 6.07) is 6.70. The monoisotopic (exact) mass is 432 g/mol. The second kappa shape index (κ2) is 9.31. The average Bonchev–Trinajstić information content (AvgIpc) is 2.63. The molecule has 0 bridgehead atoms. The maximum Gasteiger partial charge on any atom is 0.262 e. The van der Waals surface area contributed by atoms with Gasteiger partial charge in [-0.2, -0.15) is 4.31 Å².